The summed E-state index contributed by atoms with van der Waals surface area (Å²) >= 11 is 0. The van der Waals surface area contributed by atoms with Crippen LogP contribution in [-0.4, -0.2) is 25.5 Å². The summed E-state index contributed by atoms with van der Waals surface area (Å²) in [4.78, 5) is 2.18. The van der Waals surface area contributed by atoms with Crippen LogP contribution in [0.15, 0.2) is 72.6 Å². The van der Waals surface area contributed by atoms with E-state index in [0.717, 1.165) is 6.54 Å². The normalized spacial score (nSPS) is 11.6. The molecule has 1 nitrogen and oxygen atoms in total. The molecule has 0 fully saturated rings. The average molecular weight is 269 g/mol. The fraction of sp³-hybridized carbons (Fsp3) is 0.176. The minimum absolute atomic E-state index is 0.389. The van der Waals surface area contributed by atoms with Crippen LogP contribution in [0.3, 0.4) is 0 Å². The molecule has 0 aliphatic rings. The predicted molar refractivity (Wildman–Crippen MR) is 86.8 cm³/mol. The summed E-state index contributed by atoms with van der Waals surface area (Å²) in [5.74, 6) is 2.36. The first-order chi connectivity index (χ1) is 9.27. The smallest absolute Gasteiger partial charge is 0.0160 e. The summed E-state index contributed by atoms with van der Waals surface area (Å²) in [7, 11) is 3.80. The summed E-state index contributed by atoms with van der Waals surface area (Å²) in [6, 6.07) is 21.5. The fourth-order valence-corrected chi connectivity index (χ4v) is 3.80. The molecular formula is C17H20NP. The van der Waals surface area contributed by atoms with E-state index in [0.29, 0.717) is 0 Å². The lowest BCUT2D eigenvalue weighted by atomic mass is 10.4. The third kappa shape index (κ3) is 4.31. The van der Waals surface area contributed by atoms with Gasteiger partial charge in [0.15, 0.2) is 0 Å². The van der Waals surface area contributed by atoms with Gasteiger partial charge in [-0.3, -0.25) is 0 Å². The third-order valence-electron chi connectivity index (χ3n) is 2.79. The molecule has 0 aliphatic heterocycles. The Labute approximate surface area is 117 Å². The van der Waals surface area contributed by atoms with Gasteiger partial charge in [-0.2, -0.15) is 0 Å². The van der Waals surface area contributed by atoms with Crippen molar-refractivity contribution in [1.29, 1.82) is 0 Å². The van der Waals surface area contributed by atoms with Gasteiger partial charge in [-0.25, -0.2) is 0 Å². The second-order valence-electron chi connectivity index (χ2n) is 4.69. The van der Waals surface area contributed by atoms with Gasteiger partial charge in [0, 0.05) is 6.54 Å². The molecule has 2 aromatic rings. The molecule has 2 heteroatoms. The van der Waals surface area contributed by atoms with Crippen molar-refractivity contribution in [3.05, 3.63) is 72.6 Å². The van der Waals surface area contributed by atoms with E-state index < -0.39 is 0 Å². The first kappa shape index (κ1) is 14.0. The molecule has 0 unspecified atom stereocenters. The number of likely N-dealkylation sites (N-methyl/N-ethyl adjacent to an activating group) is 1. The average Bonchev–Trinajstić information content (AvgIpc) is 2.45. The monoisotopic (exact) mass is 269 g/mol. The van der Waals surface area contributed by atoms with Crippen LogP contribution < -0.4 is 10.6 Å². The molecule has 19 heavy (non-hydrogen) atoms. The Morgan fingerprint density at radius 2 is 1.32 bits per heavy atom. The highest BCUT2D eigenvalue weighted by molar-refractivity contribution is 7.75. The molecule has 0 atom stereocenters. The number of benzene rings is 2. The van der Waals surface area contributed by atoms with Crippen molar-refractivity contribution in [2.24, 2.45) is 0 Å². The van der Waals surface area contributed by atoms with Crippen LogP contribution in [0.4, 0.5) is 0 Å². The molecule has 0 aliphatic carbocycles. The number of hydrogen-bond donors (Lipinski definition) is 0. The molecular weight excluding hydrogens is 249 g/mol. The highest BCUT2D eigenvalue weighted by atomic mass is 31.1. The second kappa shape index (κ2) is 7.23. The lowest BCUT2D eigenvalue weighted by Crippen LogP contribution is -2.12. The Kier molecular flexibility index (Phi) is 5.32. The quantitative estimate of drug-likeness (QED) is 0.753. The van der Waals surface area contributed by atoms with Gasteiger partial charge < -0.3 is 4.90 Å². The SMILES string of the molecule is CN(C)C/C=C/P(c1ccccc1)c1ccccc1. The number of rotatable bonds is 5. The van der Waals surface area contributed by atoms with Crippen LogP contribution >= 0.6 is 7.92 Å². The van der Waals surface area contributed by atoms with Crippen LogP contribution in [0.5, 0.6) is 0 Å². The van der Waals surface area contributed by atoms with E-state index in [2.05, 4.69) is 91.6 Å². The lowest BCUT2D eigenvalue weighted by Gasteiger charge is -2.15. The second-order valence-corrected chi connectivity index (χ2v) is 6.76. The largest absolute Gasteiger partial charge is 0.306 e. The fourth-order valence-electron chi connectivity index (χ4n) is 1.86. The first-order valence-corrected chi connectivity index (χ1v) is 7.89. The summed E-state index contributed by atoms with van der Waals surface area (Å²) < 4.78 is 0. The molecule has 0 bridgehead atoms. The van der Waals surface area contributed by atoms with Gasteiger partial charge in [-0.15, -0.1) is 0 Å². The van der Waals surface area contributed by atoms with E-state index in [1.165, 1.54) is 10.6 Å². The van der Waals surface area contributed by atoms with Gasteiger partial charge in [0.1, 0.15) is 0 Å². The van der Waals surface area contributed by atoms with Crippen molar-refractivity contribution < 1.29 is 0 Å². The van der Waals surface area contributed by atoms with Gasteiger partial charge in [0.25, 0.3) is 0 Å². The van der Waals surface area contributed by atoms with Crippen molar-refractivity contribution in [3.8, 4) is 0 Å². The van der Waals surface area contributed by atoms with Crippen LogP contribution in [0.1, 0.15) is 0 Å². The van der Waals surface area contributed by atoms with Gasteiger partial charge >= 0.3 is 0 Å². The highest BCUT2D eigenvalue weighted by Crippen LogP contribution is 2.34. The van der Waals surface area contributed by atoms with E-state index in [4.69, 9.17) is 0 Å². The van der Waals surface area contributed by atoms with Crippen molar-refractivity contribution in [2.45, 2.75) is 0 Å². The molecule has 0 amide bonds. The molecule has 0 heterocycles. The Morgan fingerprint density at radius 1 is 0.842 bits per heavy atom. The van der Waals surface area contributed by atoms with Gasteiger partial charge in [0.2, 0.25) is 0 Å². The maximum atomic E-state index is 2.36. The molecule has 0 saturated carbocycles. The standard InChI is InChI=1S/C17H20NP/c1-18(2)14-9-15-19(16-10-5-3-6-11-16)17-12-7-4-8-13-17/h3-13,15H,14H2,1-2H3/b15-9+. The molecule has 0 spiro atoms. The summed E-state index contributed by atoms with van der Waals surface area (Å²) in [6.45, 7) is 0.985. The Morgan fingerprint density at radius 3 is 1.74 bits per heavy atom. The van der Waals surface area contributed by atoms with Crippen molar-refractivity contribution in [2.75, 3.05) is 20.6 Å². The van der Waals surface area contributed by atoms with E-state index >= 15 is 0 Å². The molecule has 0 saturated heterocycles. The molecule has 0 radical (unpaired) electrons. The molecule has 98 valence electrons. The summed E-state index contributed by atoms with van der Waals surface area (Å²) in [6.07, 6.45) is 2.27. The van der Waals surface area contributed by atoms with Crippen molar-refractivity contribution in [3.63, 3.8) is 0 Å². The highest BCUT2D eigenvalue weighted by Gasteiger charge is 2.09. The lowest BCUT2D eigenvalue weighted by molar-refractivity contribution is 0.457. The first-order valence-electron chi connectivity index (χ1n) is 6.48. The van der Waals surface area contributed by atoms with Crippen molar-refractivity contribution in [1.82, 2.24) is 4.90 Å². The zero-order valence-electron chi connectivity index (χ0n) is 11.5. The molecule has 2 rings (SSSR count). The Balaban J connectivity index is 2.27. The number of hydrogen-bond acceptors (Lipinski definition) is 1. The van der Waals surface area contributed by atoms with Crippen LogP contribution in [0.25, 0.3) is 0 Å². The zero-order chi connectivity index (χ0) is 13.5. The molecule has 0 N–H and O–H groups in total. The van der Waals surface area contributed by atoms with Gasteiger partial charge in [-0.1, -0.05) is 72.6 Å². The van der Waals surface area contributed by atoms with Crippen LogP contribution in [0.2, 0.25) is 0 Å². The minimum atomic E-state index is -0.389. The Bertz CT molecular complexity index is 466. The summed E-state index contributed by atoms with van der Waals surface area (Å²) in [5.41, 5.74) is 0. The zero-order valence-corrected chi connectivity index (χ0v) is 12.4. The maximum absolute atomic E-state index is 2.36. The predicted octanol–water partition coefficient (Wildman–Crippen LogP) is 3.19. The van der Waals surface area contributed by atoms with E-state index in [9.17, 15) is 0 Å². The molecule has 2 aromatic carbocycles. The van der Waals surface area contributed by atoms with Gasteiger partial charge in [0.05, 0.1) is 0 Å². The number of nitrogens with zero attached hydrogens (tertiary/aromatic N) is 1. The minimum Gasteiger partial charge on any atom is -0.306 e. The van der Waals surface area contributed by atoms with Crippen LogP contribution in [0, 0.1) is 0 Å². The van der Waals surface area contributed by atoms with E-state index in [1.807, 2.05) is 0 Å². The van der Waals surface area contributed by atoms with Crippen molar-refractivity contribution >= 4 is 18.5 Å². The third-order valence-corrected chi connectivity index (χ3v) is 5.01. The maximum Gasteiger partial charge on any atom is 0.0160 e. The van der Waals surface area contributed by atoms with Crippen LogP contribution in [-0.2, 0) is 0 Å². The molecule has 0 aromatic heterocycles. The van der Waals surface area contributed by atoms with Gasteiger partial charge in [-0.05, 0) is 32.6 Å². The summed E-state index contributed by atoms with van der Waals surface area (Å²) in [5, 5.41) is 2.80. The topological polar surface area (TPSA) is 3.24 Å². The Hall–Kier alpha value is -1.43. The van der Waals surface area contributed by atoms with E-state index in [1.54, 1.807) is 0 Å². The van der Waals surface area contributed by atoms with E-state index in [-0.39, 0.29) is 7.92 Å².